The van der Waals surface area contributed by atoms with Crippen LogP contribution in [0.1, 0.15) is 82.1 Å². The zero-order valence-corrected chi connectivity index (χ0v) is 13.5. The molecule has 0 aliphatic carbocycles. The number of hydrogen-bond donors (Lipinski definition) is 2. The first-order valence-electron chi connectivity index (χ1n) is 8.15. The molecule has 116 valence electrons. The van der Waals surface area contributed by atoms with E-state index in [0.29, 0.717) is 0 Å². The maximum atomic E-state index is 5.69. The van der Waals surface area contributed by atoms with Crippen molar-refractivity contribution in [3.8, 4) is 0 Å². The Morgan fingerprint density at radius 3 is 2.25 bits per heavy atom. The molecule has 0 saturated carbocycles. The number of nitrogens with zero attached hydrogens (tertiary/aromatic N) is 2. The highest BCUT2D eigenvalue weighted by Crippen LogP contribution is 2.20. The minimum absolute atomic E-state index is 0.223. The van der Waals surface area contributed by atoms with E-state index < -0.39 is 0 Å². The lowest BCUT2D eigenvalue weighted by atomic mass is 10.0. The molecule has 4 heteroatoms. The fourth-order valence-electron chi connectivity index (χ4n) is 2.76. The van der Waals surface area contributed by atoms with Gasteiger partial charge < -0.3 is 0 Å². The van der Waals surface area contributed by atoms with Crippen molar-refractivity contribution in [3.63, 3.8) is 0 Å². The van der Waals surface area contributed by atoms with Gasteiger partial charge >= 0.3 is 0 Å². The van der Waals surface area contributed by atoms with Crippen molar-refractivity contribution < 1.29 is 0 Å². The molecule has 0 radical (unpaired) electrons. The minimum atomic E-state index is 0.223. The SMILES string of the molecule is CCCCCCCCCCC(NN)c1cc(C)nn1C. The monoisotopic (exact) mass is 280 g/mol. The highest BCUT2D eigenvalue weighted by atomic mass is 15.3. The summed E-state index contributed by atoms with van der Waals surface area (Å²) in [6, 6.07) is 2.34. The molecular formula is C16H32N4. The Bertz CT molecular complexity index is 359. The Hall–Kier alpha value is -0.870. The minimum Gasteiger partial charge on any atom is -0.271 e. The highest BCUT2D eigenvalue weighted by Gasteiger charge is 2.13. The predicted molar refractivity (Wildman–Crippen MR) is 85.2 cm³/mol. The standard InChI is InChI=1S/C16H32N4/c1-4-5-6-7-8-9-10-11-12-15(18-17)16-13-14(2)19-20(16)3/h13,15,18H,4-12,17H2,1-3H3. The van der Waals surface area contributed by atoms with Crippen LogP contribution >= 0.6 is 0 Å². The number of aromatic nitrogens is 2. The van der Waals surface area contributed by atoms with Crippen LogP contribution in [0.2, 0.25) is 0 Å². The molecule has 0 saturated heterocycles. The molecule has 1 rings (SSSR count). The van der Waals surface area contributed by atoms with E-state index in [9.17, 15) is 0 Å². The molecule has 1 unspecified atom stereocenters. The first-order valence-corrected chi connectivity index (χ1v) is 8.15. The average molecular weight is 280 g/mol. The quantitative estimate of drug-likeness (QED) is 0.368. The zero-order valence-electron chi connectivity index (χ0n) is 13.5. The van der Waals surface area contributed by atoms with Crippen LogP contribution < -0.4 is 11.3 Å². The molecule has 20 heavy (non-hydrogen) atoms. The Morgan fingerprint density at radius 1 is 1.15 bits per heavy atom. The van der Waals surface area contributed by atoms with Gasteiger partial charge in [0.15, 0.2) is 0 Å². The second-order valence-corrected chi connectivity index (χ2v) is 5.82. The first kappa shape index (κ1) is 17.2. The van der Waals surface area contributed by atoms with E-state index in [4.69, 9.17) is 5.84 Å². The fraction of sp³-hybridized carbons (Fsp3) is 0.812. The van der Waals surface area contributed by atoms with Crippen molar-refractivity contribution in [2.45, 2.75) is 77.7 Å². The number of rotatable bonds is 11. The van der Waals surface area contributed by atoms with Crippen LogP contribution in [0.5, 0.6) is 0 Å². The molecule has 0 aliphatic rings. The summed E-state index contributed by atoms with van der Waals surface area (Å²) in [6.45, 7) is 4.29. The van der Waals surface area contributed by atoms with Gasteiger partial charge in [0, 0.05) is 7.05 Å². The number of unbranched alkanes of at least 4 members (excludes halogenated alkanes) is 7. The topological polar surface area (TPSA) is 55.9 Å². The van der Waals surface area contributed by atoms with Gasteiger partial charge in [0.1, 0.15) is 0 Å². The third kappa shape index (κ3) is 6.06. The van der Waals surface area contributed by atoms with Crippen molar-refractivity contribution in [2.24, 2.45) is 12.9 Å². The van der Waals surface area contributed by atoms with Crippen LogP contribution in [0.3, 0.4) is 0 Å². The van der Waals surface area contributed by atoms with E-state index in [2.05, 4.69) is 23.5 Å². The van der Waals surface area contributed by atoms with Crippen LogP contribution in [0.4, 0.5) is 0 Å². The molecule has 4 nitrogen and oxygen atoms in total. The van der Waals surface area contributed by atoms with Gasteiger partial charge in [0.05, 0.1) is 17.4 Å². The first-order chi connectivity index (χ1) is 9.69. The summed E-state index contributed by atoms with van der Waals surface area (Å²) in [5, 5.41) is 4.39. The van der Waals surface area contributed by atoms with Crippen molar-refractivity contribution in [2.75, 3.05) is 0 Å². The van der Waals surface area contributed by atoms with Crippen molar-refractivity contribution in [1.82, 2.24) is 15.2 Å². The van der Waals surface area contributed by atoms with Crippen LogP contribution in [-0.4, -0.2) is 9.78 Å². The van der Waals surface area contributed by atoms with E-state index in [0.717, 1.165) is 12.1 Å². The maximum absolute atomic E-state index is 5.69. The second kappa shape index (κ2) is 9.94. The summed E-state index contributed by atoms with van der Waals surface area (Å²) in [4.78, 5) is 0. The Balaban J connectivity index is 2.17. The molecule has 0 fully saturated rings. The van der Waals surface area contributed by atoms with Gasteiger partial charge in [-0.2, -0.15) is 5.10 Å². The summed E-state index contributed by atoms with van der Waals surface area (Å²) in [6.07, 6.45) is 11.9. The zero-order chi connectivity index (χ0) is 14.8. The fourth-order valence-corrected chi connectivity index (χ4v) is 2.76. The molecule has 0 bridgehead atoms. The molecule has 0 amide bonds. The Kier molecular flexibility index (Phi) is 8.54. The summed E-state index contributed by atoms with van der Waals surface area (Å²) in [7, 11) is 1.99. The molecule has 1 atom stereocenters. The lowest BCUT2D eigenvalue weighted by Crippen LogP contribution is -2.29. The van der Waals surface area contributed by atoms with Crippen LogP contribution in [-0.2, 0) is 7.05 Å². The summed E-state index contributed by atoms with van der Waals surface area (Å²) < 4.78 is 1.94. The Morgan fingerprint density at radius 2 is 1.75 bits per heavy atom. The van der Waals surface area contributed by atoms with Crippen LogP contribution in [0.25, 0.3) is 0 Å². The van der Waals surface area contributed by atoms with Crippen molar-refractivity contribution in [3.05, 3.63) is 17.5 Å². The third-order valence-electron chi connectivity index (χ3n) is 3.94. The van der Waals surface area contributed by atoms with Gasteiger partial charge in [-0.15, -0.1) is 0 Å². The van der Waals surface area contributed by atoms with Crippen LogP contribution in [0.15, 0.2) is 6.07 Å². The van der Waals surface area contributed by atoms with Gasteiger partial charge in [-0.05, 0) is 19.4 Å². The second-order valence-electron chi connectivity index (χ2n) is 5.82. The van der Waals surface area contributed by atoms with E-state index in [1.165, 1.54) is 57.1 Å². The van der Waals surface area contributed by atoms with E-state index in [-0.39, 0.29) is 6.04 Å². The predicted octanol–water partition coefficient (Wildman–Crippen LogP) is 3.76. The number of aryl methyl sites for hydroxylation is 2. The molecule has 0 spiro atoms. The van der Waals surface area contributed by atoms with E-state index in [1.54, 1.807) is 0 Å². The summed E-state index contributed by atoms with van der Waals surface area (Å²) in [5.41, 5.74) is 5.17. The number of hydrogen-bond acceptors (Lipinski definition) is 3. The largest absolute Gasteiger partial charge is 0.271 e. The smallest absolute Gasteiger partial charge is 0.0629 e. The summed E-state index contributed by atoms with van der Waals surface area (Å²) in [5.74, 6) is 5.69. The molecule has 0 aromatic carbocycles. The average Bonchev–Trinajstić information content (AvgIpc) is 2.76. The van der Waals surface area contributed by atoms with Gasteiger partial charge in [-0.1, -0.05) is 58.3 Å². The molecule has 1 aromatic rings. The maximum Gasteiger partial charge on any atom is 0.0629 e. The van der Waals surface area contributed by atoms with Gasteiger partial charge in [-0.3, -0.25) is 16.0 Å². The van der Waals surface area contributed by atoms with Gasteiger partial charge in [0.2, 0.25) is 0 Å². The third-order valence-corrected chi connectivity index (χ3v) is 3.94. The number of nitrogens with one attached hydrogen (secondary N) is 1. The molecule has 1 aromatic heterocycles. The lowest BCUT2D eigenvalue weighted by Gasteiger charge is -2.15. The molecule has 0 aliphatic heterocycles. The van der Waals surface area contributed by atoms with E-state index in [1.807, 2.05) is 18.7 Å². The molecule has 3 N–H and O–H groups in total. The number of hydrazine groups is 1. The van der Waals surface area contributed by atoms with Gasteiger partial charge in [0.25, 0.3) is 0 Å². The Labute approximate surface area is 124 Å². The summed E-state index contributed by atoms with van der Waals surface area (Å²) >= 11 is 0. The van der Waals surface area contributed by atoms with Crippen molar-refractivity contribution >= 4 is 0 Å². The van der Waals surface area contributed by atoms with Gasteiger partial charge in [-0.25, -0.2) is 0 Å². The van der Waals surface area contributed by atoms with Crippen LogP contribution in [0, 0.1) is 6.92 Å². The number of nitrogens with two attached hydrogens (primary N) is 1. The molecular weight excluding hydrogens is 248 g/mol. The van der Waals surface area contributed by atoms with E-state index >= 15 is 0 Å². The molecule has 1 heterocycles. The van der Waals surface area contributed by atoms with Crippen molar-refractivity contribution in [1.29, 1.82) is 0 Å². The highest BCUT2D eigenvalue weighted by molar-refractivity contribution is 5.12. The lowest BCUT2D eigenvalue weighted by molar-refractivity contribution is 0.450. The normalized spacial score (nSPS) is 12.8.